The number of aliphatic hydroxyl groups is 2. The highest BCUT2D eigenvalue weighted by Crippen LogP contribution is 2.22. The number of Topliss-reactive ketones (excluding diaryl/α,β-unsaturated/α-hetero) is 2. The van der Waals surface area contributed by atoms with Crippen molar-refractivity contribution in [3.8, 4) is 0 Å². The van der Waals surface area contributed by atoms with Crippen molar-refractivity contribution in [2.24, 2.45) is 0 Å². The van der Waals surface area contributed by atoms with E-state index in [0.29, 0.717) is 24.8 Å². The molecule has 0 aliphatic carbocycles. The van der Waals surface area contributed by atoms with Crippen LogP contribution in [0.3, 0.4) is 0 Å². The first-order valence-corrected chi connectivity index (χ1v) is 12.2. The molecule has 2 atom stereocenters. The third kappa shape index (κ3) is 8.99. The number of rotatable bonds is 17. The molecule has 0 amide bonds. The molecule has 0 saturated heterocycles. The SMILES string of the molecule is CCCCCCCCc1cccc(C(=O)C(O)C(=O)OCCC)c1C(=O)C(O)C(=O)OCCC. The minimum Gasteiger partial charge on any atom is -0.463 e. The predicted molar refractivity (Wildman–Crippen MR) is 127 cm³/mol. The quantitative estimate of drug-likeness (QED) is 0.151. The van der Waals surface area contributed by atoms with Crippen LogP contribution >= 0.6 is 0 Å². The second kappa shape index (κ2) is 16.1. The van der Waals surface area contributed by atoms with Crippen LogP contribution in [-0.4, -0.2) is 59.1 Å². The number of ketones is 2. The second-order valence-electron chi connectivity index (χ2n) is 8.23. The Morgan fingerprint density at radius 1 is 0.735 bits per heavy atom. The summed E-state index contributed by atoms with van der Waals surface area (Å²) in [4.78, 5) is 50.2. The van der Waals surface area contributed by atoms with Gasteiger partial charge < -0.3 is 19.7 Å². The van der Waals surface area contributed by atoms with Crippen molar-refractivity contribution in [3.63, 3.8) is 0 Å². The maximum Gasteiger partial charge on any atom is 0.343 e. The van der Waals surface area contributed by atoms with Crippen LogP contribution in [0.5, 0.6) is 0 Å². The van der Waals surface area contributed by atoms with Gasteiger partial charge in [-0.1, -0.05) is 71.1 Å². The van der Waals surface area contributed by atoms with Gasteiger partial charge in [0.15, 0.2) is 0 Å². The van der Waals surface area contributed by atoms with Crippen LogP contribution in [-0.2, 0) is 25.5 Å². The van der Waals surface area contributed by atoms with Gasteiger partial charge in [0.25, 0.3) is 0 Å². The van der Waals surface area contributed by atoms with E-state index < -0.39 is 35.7 Å². The number of hydrogen-bond donors (Lipinski definition) is 2. The molecule has 2 N–H and O–H groups in total. The highest BCUT2D eigenvalue weighted by Gasteiger charge is 2.35. The van der Waals surface area contributed by atoms with Gasteiger partial charge in [-0.15, -0.1) is 0 Å². The standard InChI is InChI=1S/C26H38O8/c1-4-7-8-9-10-11-13-18-14-12-15-19(21(27)23(29)25(31)33-16-5-2)20(18)22(28)24(30)26(32)34-17-6-3/h12,14-15,23-24,29-30H,4-11,13,16-17H2,1-3H3. The fourth-order valence-electron chi connectivity index (χ4n) is 3.46. The zero-order valence-electron chi connectivity index (χ0n) is 20.5. The topological polar surface area (TPSA) is 127 Å². The molecule has 0 bridgehead atoms. The monoisotopic (exact) mass is 478 g/mol. The van der Waals surface area contributed by atoms with Gasteiger partial charge in [-0.3, -0.25) is 9.59 Å². The molecule has 8 nitrogen and oxygen atoms in total. The van der Waals surface area contributed by atoms with Gasteiger partial charge in [0.1, 0.15) is 0 Å². The molecule has 0 heterocycles. The Bertz CT molecular complexity index is 817. The van der Waals surface area contributed by atoms with Crippen LogP contribution in [0.15, 0.2) is 18.2 Å². The second-order valence-corrected chi connectivity index (χ2v) is 8.23. The molecule has 34 heavy (non-hydrogen) atoms. The Kier molecular flexibility index (Phi) is 14.0. The minimum absolute atomic E-state index is 0.0367. The van der Waals surface area contributed by atoms with Crippen molar-refractivity contribution in [2.45, 2.75) is 90.8 Å². The molecule has 0 aromatic heterocycles. The zero-order chi connectivity index (χ0) is 25.5. The fourth-order valence-corrected chi connectivity index (χ4v) is 3.46. The first-order valence-electron chi connectivity index (χ1n) is 12.2. The predicted octanol–water partition coefficient (Wildman–Crippen LogP) is 3.58. The third-order valence-electron chi connectivity index (χ3n) is 5.30. The van der Waals surface area contributed by atoms with Gasteiger partial charge in [0.2, 0.25) is 23.8 Å². The molecule has 190 valence electrons. The normalized spacial score (nSPS) is 12.6. The summed E-state index contributed by atoms with van der Waals surface area (Å²) < 4.78 is 9.73. The van der Waals surface area contributed by atoms with E-state index in [-0.39, 0.29) is 24.3 Å². The van der Waals surface area contributed by atoms with Crippen LogP contribution in [0.25, 0.3) is 0 Å². The van der Waals surface area contributed by atoms with E-state index in [0.717, 1.165) is 38.5 Å². The summed E-state index contributed by atoms with van der Waals surface area (Å²) in [7, 11) is 0. The first-order chi connectivity index (χ1) is 16.3. The average molecular weight is 479 g/mol. The van der Waals surface area contributed by atoms with E-state index >= 15 is 0 Å². The summed E-state index contributed by atoms with van der Waals surface area (Å²) in [5, 5.41) is 20.6. The Morgan fingerprint density at radius 3 is 1.82 bits per heavy atom. The lowest BCUT2D eigenvalue weighted by molar-refractivity contribution is -0.151. The summed E-state index contributed by atoms with van der Waals surface area (Å²) in [6.45, 7) is 5.74. The van der Waals surface area contributed by atoms with Crippen LogP contribution in [0, 0.1) is 0 Å². The fraction of sp³-hybridized carbons (Fsp3) is 0.615. The van der Waals surface area contributed by atoms with E-state index in [4.69, 9.17) is 9.47 Å². The van der Waals surface area contributed by atoms with Gasteiger partial charge in [-0.05, 0) is 31.2 Å². The average Bonchev–Trinajstić information content (AvgIpc) is 2.85. The lowest BCUT2D eigenvalue weighted by atomic mass is 9.88. The van der Waals surface area contributed by atoms with Crippen LogP contribution in [0.2, 0.25) is 0 Å². The molecule has 8 heteroatoms. The van der Waals surface area contributed by atoms with Crippen LogP contribution < -0.4 is 0 Å². The highest BCUT2D eigenvalue weighted by atomic mass is 16.6. The molecule has 0 aliphatic heterocycles. The summed E-state index contributed by atoms with van der Waals surface area (Å²) >= 11 is 0. The van der Waals surface area contributed by atoms with E-state index in [2.05, 4.69) is 6.92 Å². The van der Waals surface area contributed by atoms with E-state index in [9.17, 15) is 29.4 Å². The molecule has 1 aromatic carbocycles. The van der Waals surface area contributed by atoms with E-state index in [1.54, 1.807) is 26.0 Å². The van der Waals surface area contributed by atoms with Gasteiger partial charge in [0.05, 0.1) is 13.2 Å². The van der Waals surface area contributed by atoms with Gasteiger partial charge in [-0.2, -0.15) is 0 Å². The van der Waals surface area contributed by atoms with Crippen molar-refractivity contribution in [3.05, 3.63) is 34.9 Å². The van der Waals surface area contributed by atoms with Gasteiger partial charge in [0, 0.05) is 11.1 Å². The van der Waals surface area contributed by atoms with Crippen molar-refractivity contribution < 1.29 is 38.9 Å². The Hall–Kier alpha value is -2.58. The Morgan fingerprint density at radius 2 is 1.26 bits per heavy atom. The van der Waals surface area contributed by atoms with E-state index in [1.807, 2.05) is 0 Å². The van der Waals surface area contributed by atoms with Gasteiger partial charge in [-0.25, -0.2) is 9.59 Å². The van der Waals surface area contributed by atoms with Crippen molar-refractivity contribution in [2.75, 3.05) is 13.2 Å². The van der Waals surface area contributed by atoms with Gasteiger partial charge >= 0.3 is 11.9 Å². The number of ether oxygens (including phenoxy) is 2. The minimum atomic E-state index is -2.12. The number of aliphatic hydroxyl groups excluding tert-OH is 2. The molecule has 0 saturated carbocycles. The summed E-state index contributed by atoms with van der Waals surface area (Å²) in [6, 6.07) is 4.48. The number of carbonyl (C=O) groups excluding carboxylic acids is 4. The van der Waals surface area contributed by atoms with Crippen LogP contribution in [0.4, 0.5) is 0 Å². The lowest BCUT2D eigenvalue weighted by Crippen LogP contribution is -2.36. The number of carbonyl (C=O) groups is 4. The molecule has 2 unspecified atom stereocenters. The Balaban J connectivity index is 3.23. The summed E-state index contributed by atoms with van der Waals surface area (Å²) in [5.74, 6) is -4.25. The molecule has 0 spiro atoms. The van der Waals surface area contributed by atoms with Crippen LogP contribution in [0.1, 0.15) is 98.4 Å². The maximum absolute atomic E-state index is 13.1. The summed E-state index contributed by atoms with van der Waals surface area (Å²) in [6.07, 6.45) is 3.27. The molecule has 0 radical (unpaired) electrons. The smallest absolute Gasteiger partial charge is 0.343 e. The molecular weight excluding hydrogens is 440 g/mol. The number of hydrogen-bond acceptors (Lipinski definition) is 8. The number of benzene rings is 1. The van der Waals surface area contributed by atoms with Crippen molar-refractivity contribution in [1.82, 2.24) is 0 Å². The molecule has 0 aliphatic rings. The van der Waals surface area contributed by atoms with Crippen molar-refractivity contribution in [1.29, 1.82) is 0 Å². The molecule has 1 aromatic rings. The highest BCUT2D eigenvalue weighted by molar-refractivity contribution is 6.20. The third-order valence-corrected chi connectivity index (χ3v) is 5.30. The number of esters is 2. The molecular formula is C26H38O8. The number of unbranched alkanes of at least 4 members (excludes halogenated alkanes) is 5. The number of aryl methyl sites for hydroxylation is 1. The Labute approximate surface area is 201 Å². The lowest BCUT2D eigenvalue weighted by Gasteiger charge is -2.17. The zero-order valence-corrected chi connectivity index (χ0v) is 20.5. The molecule has 1 rings (SSSR count). The molecule has 0 fully saturated rings. The van der Waals surface area contributed by atoms with E-state index in [1.165, 1.54) is 6.07 Å². The first kappa shape index (κ1) is 29.5. The maximum atomic E-state index is 13.1. The van der Waals surface area contributed by atoms with Crippen molar-refractivity contribution >= 4 is 23.5 Å². The largest absolute Gasteiger partial charge is 0.463 e. The summed E-state index contributed by atoms with van der Waals surface area (Å²) in [5.41, 5.74) is 0.0453.